The molecule has 0 bridgehead atoms. The van der Waals surface area contributed by atoms with E-state index >= 15 is 0 Å². The lowest BCUT2D eigenvalue weighted by Crippen LogP contribution is -2.02. The lowest BCUT2D eigenvalue weighted by atomic mass is 9.91. The highest BCUT2D eigenvalue weighted by Gasteiger charge is 2.17. The average molecular weight is 229 g/mol. The molecule has 82 valence electrons. The van der Waals surface area contributed by atoms with Crippen LogP contribution in [0.15, 0.2) is 6.07 Å². The fourth-order valence-corrected chi connectivity index (χ4v) is 2.10. The number of benzene rings is 1. The molecule has 15 heavy (non-hydrogen) atoms. The van der Waals surface area contributed by atoms with Crippen molar-refractivity contribution < 1.29 is 9.18 Å². The molecule has 1 aromatic carbocycles. The Morgan fingerprint density at radius 2 is 2.13 bits per heavy atom. The Morgan fingerprint density at radius 1 is 1.53 bits per heavy atom. The van der Waals surface area contributed by atoms with Crippen molar-refractivity contribution in [3.05, 3.63) is 33.6 Å². The number of hydrogen-bond donors (Lipinski definition) is 0. The second-order valence-corrected chi connectivity index (χ2v) is 4.21. The van der Waals surface area contributed by atoms with Crippen LogP contribution in [0.5, 0.6) is 0 Å². The predicted molar refractivity (Wildman–Crippen MR) is 60.0 cm³/mol. The van der Waals surface area contributed by atoms with Gasteiger partial charge in [-0.05, 0) is 42.5 Å². The molecule has 0 aliphatic rings. The lowest BCUT2D eigenvalue weighted by Gasteiger charge is -2.16. The van der Waals surface area contributed by atoms with Gasteiger partial charge in [0, 0.05) is 6.42 Å². The van der Waals surface area contributed by atoms with Crippen LogP contribution in [0.3, 0.4) is 0 Å². The van der Waals surface area contributed by atoms with E-state index in [2.05, 4.69) is 0 Å². The van der Waals surface area contributed by atoms with Crippen LogP contribution in [0.1, 0.15) is 36.0 Å². The maximum atomic E-state index is 13.4. The third kappa shape index (κ3) is 2.37. The molecule has 1 unspecified atom stereocenters. The smallest absolute Gasteiger partial charge is 0.142 e. The summed E-state index contributed by atoms with van der Waals surface area (Å²) < 4.78 is 13.4. The van der Waals surface area contributed by atoms with Gasteiger partial charge >= 0.3 is 0 Å². The van der Waals surface area contributed by atoms with E-state index in [-0.39, 0.29) is 10.9 Å². The van der Waals surface area contributed by atoms with E-state index in [0.717, 1.165) is 23.0 Å². The molecule has 1 atom stereocenters. The molecule has 0 amide bonds. The van der Waals surface area contributed by atoms with Crippen molar-refractivity contribution in [1.29, 1.82) is 0 Å². The number of aryl methyl sites for hydroxylation is 1. The Kier molecular flexibility index (Phi) is 3.86. The summed E-state index contributed by atoms with van der Waals surface area (Å²) in [6.45, 7) is 5.62. The summed E-state index contributed by atoms with van der Waals surface area (Å²) in [6.07, 6.45) is 1.20. The number of carbonyl (C=O) groups excluding carboxylic acids is 1. The van der Waals surface area contributed by atoms with Crippen molar-refractivity contribution in [1.82, 2.24) is 0 Å². The molecule has 0 N–H and O–H groups in total. The van der Waals surface area contributed by atoms with Crippen molar-refractivity contribution in [3.8, 4) is 0 Å². The summed E-state index contributed by atoms with van der Waals surface area (Å²) in [7, 11) is 0. The highest BCUT2D eigenvalue weighted by atomic mass is 35.5. The maximum absolute atomic E-state index is 13.4. The molecule has 1 rings (SSSR count). The van der Waals surface area contributed by atoms with Crippen LogP contribution in [0.2, 0.25) is 5.02 Å². The van der Waals surface area contributed by atoms with Gasteiger partial charge in [0.15, 0.2) is 0 Å². The SMILES string of the molecule is Cc1cc(F)c(Cl)c(C(C)CC=O)c1C. The van der Waals surface area contributed by atoms with Gasteiger partial charge in [-0.25, -0.2) is 4.39 Å². The van der Waals surface area contributed by atoms with E-state index in [9.17, 15) is 9.18 Å². The molecule has 0 radical (unpaired) electrons. The molecule has 0 aliphatic carbocycles. The Hall–Kier alpha value is -0.890. The van der Waals surface area contributed by atoms with Gasteiger partial charge in [0.1, 0.15) is 12.1 Å². The summed E-state index contributed by atoms with van der Waals surface area (Å²) >= 11 is 5.91. The van der Waals surface area contributed by atoms with Gasteiger partial charge in [-0.3, -0.25) is 0 Å². The van der Waals surface area contributed by atoms with Crippen molar-refractivity contribution in [3.63, 3.8) is 0 Å². The van der Waals surface area contributed by atoms with Gasteiger partial charge in [0.05, 0.1) is 5.02 Å². The van der Waals surface area contributed by atoms with Crippen LogP contribution < -0.4 is 0 Å². The molecule has 0 aromatic heterocycles. The highest BCUT2D eigenvalue weighted by molar-refractivity contribution is 6.31. The minimum Gasteiger partial charge on any atom is -0.303 e. The van der Waals surface area contributed by atoms with Gasteiger partial charge in [0.25, 0.3) is 0 Å². The molecular formula is C12H14ClFO. The summed E-state index contributed by atoms with van der Waals surface area (Å²) in [5, 5.41) is 0.146. The minimum atomic E-state index is -0.410. The molecule has 1 nitrogen and oxygen atoms in total. The number of halogens is 2. The molecule has 0 aliphatic heterocycles. The Morgan fingerprint density at radius 3 is 2.67 bits per heavy atom. The van der Waals surface area contributed by atoms with Crippen molar-refractivity contribution in [2.45, 2.75) is 33.1 Å². The number of hydrogen-bond acceptors (Lipinski definition) is 1. The Balaban J connectivity index is 3.31. The first-order valence-electron chi connectivity index (χ1n) is 4.87. The molecule has 0 fully saturated rings. The molecule has 0 heterocycles. The number of rotatable bonds is 3. The second kappa shape index (κ2) is 4.75. The largest absolute Gasteiger partial charge is 0.303 e. The molecule has 0 spiro atoms. The Labute approximate surface area is 94.3 Å². The standard InChI is InChI=1S/C12H14ClFO/c1-7(4-5-15)11-9(3)8(2)6-10(14)12(11)13/h5-7H,4H2,1-3H3. The van der Waals surface area contributed by atoms with Crippen LogP contribution in [0.4, 0.5) is 4.39 Å². The summed E-state index contributed by atoms with van der Waals surface area (Å²) in [5.74, 6) is -0.447. The summed E-state index contributed by atoms with van der Waals surface area (Å²) in [5.41, 5.74) is 2.58. The first-order chi connectivity index (χ1) is 6.99. The third-order valence-corrected chi connectivity index (χ3v) is 3.11. The van der Waals surface area contributed by atoms with E-state index in [1.54, 1.807) is 0 Å². The average Bonchev–Trinajstić information content (AvgIpc) is 2.16. The fraction of sp³-hybridized carbons (Fsp3) is 0.417. The van der Waals surface area contributed by atoms with Gasteiger partial charge in [-0.2, -0.15) is 0 Å². The monoisotopic (exact) mass is 228 g/mol. The molecule has 0 saturated carbocycles. The van der Waals surface area contributed by atoms with E-state index in [1.165, 1.54) is 6.07 Å². The quantitative estimate of drug-likeness (QED) is 0.720. The minimum absolute atomic E-state index is 0.0376. The van der Waals surface area contributed by atoms with Crippen molar-refractivity contribution in [2.75, 3.05) is 0 Å². The predicted octanol–water partition coefficient (Wildman–Crippen LogP) is 3.79. The summed E-state index contributed by atoms with van der Waals surface area (Å²) in [6, 6.07) is 1.43. The van der Waals surface area contributed by atoms with E-state index in [4.69, 9.17) is 11.6 Å². The normalized spacial score (nSPS) is 12.6. The zero-order valence-electron chi connectivity index (χ0n) is 9.10. The van der Waals surface area contributed by atoms with Gasteiger partial charge in [0.2, 0.25) is 0 Å². The fourth-order valence-electron chi connectivity index (χ4n) is 1.72. The van der Waals surface area contributed by atoms with Crippen LogP contribution >= 0.6 is 11.6 Å². The zero-order chi connectivity index (χ0) is 11.6. The molecule has 1 aromatic rings. The first kappa shape index (κ1) is 12.2. The zero-order valence-corrected chi connectivity index (χ0v) is 9.86. The van der Waals surface area contributed by atoms with Crippen LogP contribution in [-0.4, -0.2) is 6.29 Å². The molecule has 0 saturated heterocycles. The van der Waals surface area contributed by atoms with Crippen LogP contribution in [0, 0.1) is 19.7 Å². The Bertz CT molecular complexity index is 361. The van der Waals surface area contributed by atoms with E-state index in [0.29, 0.717) is 6.42 Å². The summed E-state index contributed by atoms with van der Waals surface area (Å²) in [4.78, 5) is 10.4. The molecule has 3 heteroatoms. The van der Waals surface area contributed by atoms with Gasteiger partial charge in [-0.1, -0.05) is 18.5 Å². The number of carbonyl (C=O) groups is 1. The highest BCUT2D eigenvalue weighted by Crippen LogP contribution is 2.33. The van der Waals surface area contributed by atoms with Crippen LogP contribution in [-0.2, 0) is 4.79 Å². The van der Waals surface area contributed by atoms with Crippen LogP contribution in [0.25, 0.3) is 0 Å². The topological polar surface area (TPSA) is 17.1 Å². The molecular weight excluding hydrogens is 215 g/mol. The van der Waals surface area contributed by atoms with Crippen molar-refractivity contribution >= 4 is 17.9 Å². The van der Waals surface area contributed by atoms with E-state index in [1.807, 2.05) is 20.8 Å². The van der Waals surface area contributed by atoms with Gasteiger partial charge in [-0.15, -0.1) is 0 Å². The number of aldehydes is 1. The third-order valence-electron chi connectivity index (χ3n) is 2.73. The maximum Gasteiger partial charge on any atom is 0.142 e. The van der Waals surface area contributed by atoms with E-state index < -0.39 is 5.82 Å². The lowest BCUT2D eigenvalue weighted by molar-refractivity contribution is -0.108. The first-order valence-corrected chi connectivity index (χ1v) is 5.25. The van der Waals surface area contributed by atoms with Gasteiger partial charge < -0.3 is 4.79 Å². The second-order valence-electron chi connectivity index (χ2n) is 3.83. The van der Waals surface area contributed by atoms with Crippen molar-refractivity contribution in [2.24, 2.45) is 0 Å².